The molecule has 0 radical (unpaired) electrons. The Labute approximate surface area is 151 Å². The van der Waals surface area contributed by atoms with E-state index >= 15 is 0 Å². The fraction of sp³-hybridized carbons (Fsp3) is 0.421. The van der Waals surface area contributed by atoms with Crippen LogP contribution in [0.2, 0.25) is 0 Å². The summed E-state index contributed by atoms with van der Waals surface area (Å²) in [6.07, 6.45) is 9.60. The largest absolute Gasteiger partial charge is 0.302 e. The molecule has 1 saturated heterocycles. The maximum Gasteiger partial charge on any atom is 0.223 e. The van der Waals surface area contributed by atoms with E-state index in [1.807, 2.05) is 18.5 Å². The lowest BCUT2D eigenvalue weighted by Gasteiger charge is -2.33. The number of aromatic nitrogens is 2. The van der Waals surface area contributed by atoms with Gasteiger partial charge in [-0.1, -0.05) is 17.7 Å². The molecule has 0 aromatic carbocycles. The number of likely N-dealkylation sites (tertiary alicyclic amines) is 1. The number of nitrogens with zero attached hydrogens (tertiary/aromatic N) is 3. The van der Waals surface area contributed by atoms with Crippen molar-refractivity contribution in [2.24, 2.45) is 5.92 Å². The minimum atomic E-state index is -0.0692. The highest BCUT2D eigenvalue weighted by Gasteiger charge is 2.26. The van der Waals surface area contributed by atoms with Crippen molar-refractivity contribution < 1.29 is 4.79 Å². The minimum absolute atomic E-state index is 0.0692. The smallest absolute Gasteiger partial charge is 0.223 e. The van der Waals surface area contributed by atoms with Crippen molar-refractivity contribution >= 4 is 28.5 Å². The number of hydrogen-bond donors (Lipinski definition) is 1. The summed E-state index contributed by atoms with van der Waals surface area (Å²) >= 11 is 1.57. The predicted molar refractivity (Wildman–Crippen MR) is 100 cm³/mol. The van der Waals surface area contributed by atoms with Gasteiger partial charge in [-0.25, -0.2) is 4.98 Å². The monoisotopic (exact) mass is 354 g/mol. The quantitative estimate of drug-likeness (QED) is 0.915. The van der Waals surface area contributed by atoms with Gasteiger partial charge in [-0.3, -0.25) is 14.7 Å². The topological polar surface area (TPSA) is 58.1 Å². The number of fused-ring (bicyclic) bond motifs is 1. The molecule has 5 nitrogen and oxygen atoms in total. The summed E-state index contributed by atoms with van der Waals surface area (Å²) in [4.78, 5) is 23.6. The van der Waals surface area contributed by atoms with Crippen LogP contribution in [0.15, 0.2) is 30.1 Å². The number of rotatable bonds is 4. The van der Waals surface area contributed by atoms with E-state index in [0.717, 1.165) is 26.1 Å². The number of amides is 1. The number of anilines is 1. The predicted octanol–water partition coefficient (Wildman–Crippen LogP) is 3.35. The van der Waals surface area contributed by atoms with Crippen LogP contribution in [-0.4, -0.2) is 33.9 Å². The van der Waals surface area contributed by atoms with Crippen molar-refractivity contribution in [1.29, 1.82) is 0 Å². The van der Waals surface area contributed by atoms with Gasteiger partial charge in [-0.15, -0.1) is 11.3 Å². The number of nitrogens with one attached hydrogen (secondary N) is 1. The van der Waals surface area contributed by atoms with E-state index in [2.05, 4.69) is 32.3 Å². The Morgan fingerprint density at radius 3 is 3.20 bits per heavy atom. The lowest BCUT2D eigenvalue weighted by Crippen LogP contribution is -2.35. The van der Waals surface area contributed by atoms with Gasteiger partial charge in [0, 0.05) is 43.7 Å². The fourth-order valence-electron chi connectivity index (χ4n) is 3.75. The van der Waals surface area contributed by atoms with Crippen molar-refractivity contribution in [1.82, 2.24) is 14.9 Å². The van der Waals surface area contributed by atoms with E-state index in [0.29, 0.717) is 11.0 Å². The molecule has 1 unspecified atom stereocenters. The van der Waals surface area contributed by atoms with Crippen molar-refractivity contribution in [2.45, 2.75) is 32.7 Å². The summed E-state index contributed by atoms with van der Waals surface area (Å²) in [6.45, 7) is 4.64. The molecule has 2 aliphatic rings. The average Bonchev–Trinajstić information content (AvgIpc) is 3.21. The van der Waals surface area contributed by atoms with Crippen molar-refractivity contribution in [2.75, 3.05) is 18.4 Å². The average molecular weight is 354 g/mol. The molecule has 2 aromatic rings. The Kier molecular flexibility index (Phi) is 4.63. The highest BCUT2D eigenvalue weighted by molar-refractivity contribution is 7.15. The molecule has 0 bridgehead atoms. The van der Waals surface area contributed by atoms with Gasteiger partial charge in [0.25, 0.3) is 0 Å². The molecule has 1 fully saturated rings. The molecule has 3 heterocycles. The highest BCUT2D eigenvalue weighted by Crippen LogP contribution is 2.33. The molecule has 1 aliphatic carbocycles. The third-order valence-corrected chi connectivity index (χ3v) is 5.78. The zero-order valence-electron chi connectivity index (χ0n) is 14.4. The van der Waals surface area contributed by atoms with Crippen LogP contribution >= 0.6 is 11.3 Å². The van der Waals surface area contributed by atoms with Crippen LogP contribution in [0, 0.1) is 5.92 Å². The minimum Gasteiger partial charge on any atom is -0.302 e. The zero-order valence-corrected chi connectivity index (χ0v) is 15.2. The Hall–Kier alpha value is -2.05. The fourth-order valence-corrected chi connectivity index (χ4v) is 4.65. The van der Waals surface area contributed by atoms with E-state index in [4.69, 9.17) is 0 Å². The van der Waals surface area contributed by atoms with Gasteiger partial charge in [-0.05, 0) is 36.9 Å². The van der Waals surface area contributed by atoms with Gasteiger partial charge >= 0.3 is 0 Å². The van der Waals surface area contributed by atoms with Crippen LogP contribution in [0.3, 0.4) is 0 Å². The van der Waals surface area contributed by atoms with Crippen molar-refractivity contribution in [3.63, 3.8) is 0 Å². The van der Waals surface area contributed by atoms with Gasteiger partial charge in [0.1, 0.15) is 0 Å². The van der Waals surface area contributed by atoms with Crippen LogP contribution in [0.1, 0.15) is 35.9 Å². The second-order valence-corrected chi connectivity index (χ2v) is 7.94. The van der Waals surface area contributed by atoms with Crippen molar-refractivity contribution in [3.05, 3.63) is 46.2 Å². The molecule has 1 amide bonds. The Bertz CT molecular complexity index is 813. The third-order valence-electron chi connectivity index (χ3n) is 4.88. The summed E-state index contributed by atoms with van der Waals surface area (Å²) < 4.78 is 0. The lowest BCUT2D eigenvalue weighted by molar-refractivity contribution is -0.114. The summed E-state index contributed by atoms with van der Waals surface area (Å²) in [7, 11) is 0. The van der Waals surface area contributed by atoms with Gasteiger partial charge in [0.15, 0.2) is 5.13 Å². The van der Waals surface area contributed by atoms with Crippen LogP contribution in [0.4, 0.5) is 5.13 Å². The second kappa shape index (κ2) is 7.06. The summed E-state index contributed by atoms with van der Waals surface area (Å²) in [5.74, 6) is 0.547. The molecule has 6 heteroatoms. The first-order valence-electron chi connectivity index (χ1n) is 8.76. The van der Waals surface area contributed by atoms with Crippen molar-refractivity contribution in [3.8, 4) is 0 Å². The SMILES string of the molecule is CC(=O)Nc1ncc(CN2CCCC(C3=Cc4cccnc4C3)C2)s1. The zero-order chi connectivity index (χ0) is 17.2. The first-order chi connectivity index (χ1) is 12.2. The molecular formula is C19H22N4OS. The molecule has 4 rings (SSSR count). The van der Waals surface area contributed by atoms with E-state index in [1.54, 1.807) is 11.3 Å². The molecule has 0 saturated carbocycles. The Balaban J connectivity index is 1.39. The van der Waals surface area contributed by atoms with E-state index in [-0.39, 0.29) is 5.91 Å². The van der Waals surface area contributed by atoms with E-state index in [1.165, 1.54) is 41.5 Å². The molecule has 1 atom stereocenters. The Morgan fingerprint density at radius 1 is 1.44 bits per heavy atom. The number of carbonyl (C=O) groups excluding carboxylic acids is 1. The first kappa shape index (κ1) is 16.4. The summed E-state index contributed by atoms with van der Waals surface area (Å²) in [5.41, 5.74) is 4.04. The van der Waals surface area contributed by atoms with E-state index in [9.17, 15) is 4.79 Å². The number of pyridine rings is 1. The van der Waals surface area contributed by atoms with Gasteiger partial charge in [-0.2, -0.15) is 0 Å². The number of thiazole rings is 1. The number of carbonyl (C=O) groups is 1. The Morgan fingerprint density at radius 2 is 2.36 bits per heavy atom. The van der Waals surface area contributed by atoms with Crippen LogP contribution in [0.25, 0.3) is 6.08 Å². The first-order valence-corrected chi connectivity index (χ1v) is 9.58. The van der Waals surface area contributed by atoms with Crippen LogP contribution in [0.5, 0.6) is 0 Å². The normalized spacial score (nSPS) is 20.2. The number of piperidine rings is 1. The molecular weight excluding hydrogens is 332 g/mol. The lowest BCUT2D eigenvalue weighted by atomic mass is 9.89. The van der Waals surface area contributed by atoms with E-state index < -0.39 is 0 Å². The highest BCUT2D eigenvalue weighted by atomic mass is 32.1. The molecule has 0 spiro atoms. The maximum atomic E-state index is 11.1. The van der Waals surface area contributed by atoms with Gasteiger partial charge < -0.3 is 5.32 Å². The summed E-state index contributed by atoms with van der Waals surface area (Å²) in [6, 6.07) is 4.18. The van der Waals surface area contributed by atoms with Crippen LogP contribution in [-0.2, 0) is 17.8 Å². The van der Waals surface area contributed by atoms with Crippen LogP contribution < -0.4 is 5.32 Å². The molecule has 1 aliphatic heterocycles. The van der Waals surface area contributed by atoms with Gasteiger partial charge in [0.2, 0.25) is 5.91 Å². The molecule has 2 aromatic heterocycles. The third kappa shape index (κ3) is 3.80. The maximum absolute atomic E-state index is 11.1. The molecule has 1 N–H and O–H groups in total. The standard InChI is InChI=1S/C19H22N4OS/c1-13(24)22-19-21-10-17(25-19)12-23-7-3-5-15(11-23)16-8-14-4-2-6-20-18(14)9-16/h2,4,6,8,10,15H,3,5,7,9,11-12H2,1H3,(H,21,22,24). The second-order valence-electron chi connectivity index (χ2n) is 6.82. The van der Waals surface area contributed by atoms with Gasteiger partial charge in [0.05, 0.1) is 5.69 Å². The summed E-state index contributed by atoms with van der Waals surface area (Å²) in [5, 5.41) is 3.45. The molecule has 130 valence electrons. The number of hydrogen-bond acceptors (Lipinski definition) is 5. The molecule has 25 heavy (non-hydrogen) atoms.